The first kappa shape index (κ1) is 42.9. The Balaban J connectivity index is 1.43. The average Bonchev–Trinajstić information content (AvgIpc) is 3.51. The minimum atomic E-state index is -0.911. The van der Waals surface area contributed by atoms with Gasteiger partial charge in [-0.2, -0.15) is 0 Å². The van der Waals surface area contributed by atoms with Crippen molar-refractivity contribution >= 4 is 18.2 Å². The highest BCUT2D eigenvalue weighted by Crippen LogP contribution is 2.36. The van der Waals surface area contributed by atoms with Gasteiger partial charge in [0.05, 0.1) is 45.6 Å². The predicted octanol–water partition coefficient (Wildman–Crippen LogP) is 8.39. The minimum Gasteiger partial charge on any atom is -0.467 e. The van der Waals surface area contributed by atoms with Crippen LogP contribution < -0.4 is 5.32 Å². The maximum absolute atomic E-state index is 14.4. The number of unbranched alkanes of at least 4 members (excludes halogenated alkanes) is 1. The molecule has 0 spiro atoms. The molecule has 1 aliphatic rings. The molecule has 4 aromatic rings. The van der Waals surface area contributed by atoms with Crippen LogP contribution in [0, 0.1) is 0 Å². The van der Waals surface area contributed by atoms with Crippen molar-refractivity contribution in [2.45, 2.75) is 109 Å². The number of rotatable bonds is 19. The van der Waals surface area contributed by atoms with Gasteiger partial charge in [-0.3, -0.25) is 4.90 Å². The summed E-state index contributed by atoms with van der Waals surface area (Å²) in [7, 11) is 1.29. The molecule has 5 atom stereocenters. The highest BCUT2D eigenvalue weighted by atomic mass is 16.6. The molecule has 1 aliphatic heterocycles. The smallest absolute Gasteiger partial charge is 0.410 e. The molecular weight excluding hydrogens is 725 g/mol. The summed E-state index contributed by atoms with van der Waals surface area (Å²) in [5.74, 6) is -0.568. The highest BCUT2D eigenvalue weighted by Gasteiger charge is 2.53. The fraction of sp³-hybridized carbons (Fsp3) is 0.413. The molecule has 57 heavy (non-hydrogen) atoms. The van der Waals surface area contributed by atoms with E-state index in [-0.39, 0.29) is 13.2 Å². The Hall–Kier alpha value is -5.23. The van der Waals surface area contributed by atoms with Crippen molar-refractivity contribution in [3.05, 3.63) is 144 Å². The van der Waals surface area contributed by atoms with Crippen LogP contribution in [-0.2, 0) is 59.6 Å². The second-order valence-electron chi connectivity index (χ2n) is 15.1. The first-order chi connectivity index (χ1) is 27.6. The third-order valence-electron chi connectivity index (χ3n) is 9.60. The second-order valence-corrected chi connectivity index (χ2v) is 15.1. The van der Waals surface area contributed by atoms with Crippen LogP contribution in [0.2, 0.25) is 0 Å². The first-order valence-corrected chi connectivity index (χ1v) is 19.6. The van der Waals surface area contributed by atoms with E-state index in [4.69, 9.17) is 28.4 Å². The van der Waals surface area contributed by atoms with Crippen molar-refractivity contribution in [2.75, 3.05) is 13.7 Å². The molecule has 0 radical (unpaired) electrons. The maximum Gasteiger partial charge on any atom is 0.410 e. The number of hydrogen-bond donors (Lipinski definition) is 1. The van der Waals surface area contributed by atoms with E-state index in [1.165, 1.54) is 7.11 Å². The Labute approximate surface area is 336 Å². The number of methoxy groups -OCH3 is 1. The van der Waals surface area contributed by atoms with Crippen molar-refractivity contribution in [3.8, 4) is 0 Å². The Morgan fingerprint density at radius 1 is 0.649 bits per heavy atom. The molecule has 1 fully saturated rings. The van der Waals surface area contributed by atoms with E-state index < -0.39 is 54.1 Å². The Morgan fingerprint density at radius 3 is 1.61 bits per heavy atom. The van der Waals surface area contributed by atoms with E-state index in [2.05, 4.69) is 5.32 Å². The molecule has 4 aromatic carbocycles. The molecule has 11 heteroatoms. The van der Waals surface area contributed by atoms with E-state index in [1.54, 1.807) is 25.7 Å². The van der Waals surface area contributed by atoms with E-state index in [0.29, 0.717) is 45.5 Å². The number of nitrogens with one attached hydrogen (secondary N) is 1. The lowest BCUT2D eigenvalue weighted by atomic mass is 10.00. The molecule has 11 nitrogen and oxygen atoms in total. The van der Waals surface area contributed by atoms with E-state index in [9.17, 15) is 14.4 Å². The zero-order valence-corrected chi connectivity index (χ0v) is 33.4. The molecule has 0 bridgehead atoms. The van der Waals surface area contributed by atoms with Crippen molar-refractivity contribution in [1.29, 1.82) is 0 Å². The fourth-order valence-corrected chi connectivity index (χ4v) is 6.90. The summed E-state index contributed by atoms with van der Waals surface area (Å²) in [5, 5.41) is 2.66. The molecule has 304 valence electrons. The van der Waals surface area contributed by atoms with Crippen LogP contribution in [-0.4, -0.2) is 72.7 Å². The van der Waals surface area contributed by atoms with Gasteiger partial charge in [0.25, 0.3) is 0 Å². The number of carbonyl (C=O) groups excluding carboxylic acids is 3. The minimum absolute atomic E-state index is 0.0860. The summed E-state index contributed by atoms with van der Waals surface area (Å²) in [6.45, 7) is 6.45. The van der Waals surface area contributed by atoms with Crippen LogP contribution >= 0.6 is 0 Å². The number of esters is 1. The van der Waals surface area contributed by atoms with E-state index in [1.807, 2.05) is 121 Å². The van der Waals surface area contributed by atoms with Crippen LogP contribution in [0.1, 0.15) is 68.7 Å². The van der Waals surface area contributed by atoms with Gasteiger partial charge in [-0.15, -0.1) is 0 Å². The molecule has 0 aliphatic carbocycles. The third kappa shape index (κ3) is 13.7. The lowest BCUT2D eigenvalue weighted by molar-refractivity contribution is -0.143. The number of ether oxygens (including phenoxy) is 6. The summed E-state index contributed by atoms with van der Waals surface area (Å²) >= 11 is 0. The molecule has 1 heterocycles. The van der Waals surface area contributed by atoms with Crippen LogP contribution in [0.3, 0.4) is 0 Å². The molecule has 0 unspecified atom stereocenters. The fourth-order valence-electron chi connectivity index (χ4n) is 6.90. The van der Waals surface area contributed by atoms with Gasteiger partial charge in [-0.05, 0) is 55.9 Å². The molecule has 1 saturated heterocycles. The zero-order chi connectivity index (χ0) is 40.5. The number of benzene rings is 4. The van der Waals surface area contributed by atoms with Gasteiger partial charge < -0.3 is 33.7 Å². The normalized spacial score (nSPS) is 18.4. The molecule has 2 amide bonds. The number of alkyl carbamates (subject to hydrolysis) is 1. The van der Waals surface area contributed by atoms with Crippen LogP contribution in [0.15, 0.2) is 121 Å². The number of carbonyl (C=O) groups is 3. The van der Waals surface area contributed by atoms with Crippen molar-refractivity contribution in [2.24, 2.45) is 0 Å². The Bertz CT molecular complexity index is 1790. The largest absolute Gasteiger partial charge is 0.467 e. The highest BCUT2D eigenvalue weighted by molar-refractivity contribution is 5.81. The first-order valence-electron chi connectivity index (χ1n) is 19.6. The van der Waals surface area contributed by atoms with Crippen LogP contribution in [0.25, 0.3) is 0 Å². The van der Waals surface area contributed by atoms with E-state index >= 15 is 0 Å². The van der Waals surface area contributed by atoms with Gasteiger partial charge in [-0.1, -0.05) is 134 Å². The number of likely N-dealkylation sites (tertiary alicyclic amines) is 1. The molecular formula is C46H56N2O9. The van der Waals surface area contributed by atoms with Crippen molar-refractivity contribution < 1.29 is 42.8 Å². The zero-order valence-electron chi connectivity index (χ0n) is 33.4. The topological polar surface area (TPSA) is 122 Å². The van der Waals surface area contributed by atoms with Crippen molar-refractivity contribution in [3.63, 3.8) is 0 Å². The predicted molar refractivity (Wildman–Crippen MR) is 216 cm³/mol. The van der Waals surface area contributed by atoms with E-state index in [0.717, 1.165) is 22.3 Å². The summed E-state index contributed by atoms with van der Waals surface area (Å²) in [6.07, 6.45) is -0.483. The lowest BCUT2D eigenvalue weighted by Crippen LogP contribution is -2.46. The van der Waals surface area contributed by atoms with Crippen LogP contribution in [0.5, 0.6) is 0 Å². The number of nitrogens with zero attached hydrogens (tertiary/aromatic N) is 1. The molecule has 0 aromatic heterocycles. The van der Waals surface area contributed by atoms with Gasteiger partial charge in [0, 0.05) is 0 Å². The molecule has 1 N–H and O–H groups in total. The second kappa shape index (κ2) is 21.9. The Morgan fingerprint density at radius 2 is 1.12 bits per heavy atom. The van der Waals surface area contributed by atoms with Gasteiger partial charge in [0.1, 0.15) is 30.5 Å². The maximum atomic E-state index is 14.4. The van der Waals surface area contributed by atoms with Gasteiger partial charge in [0.15, 0.2) is 0 Å². The number of amides is 2. The van der Waals surface area contributed by atoms with Crippen LogP contribution in [0.4, 0.5) is 9.59 Å². The third-order valence-corrected chi connectivity index (χ3v) is 9.60. The average molecular weight is 781 g/mol. The summed E-state index contributed by atoms with van der Waals surface area (Å²) in [6, 6.07) is 37.2. The van der Waals surface area contributed by atoms with Gasteiger partial charge in [0.2, 0.25) is 0 Å². The molecule has 5 rings (SSSR count). The lowest BCUT2D eigenvalue weighted by Gasteiger charge is -2.31. The summed E-state index contributed by atoms with van der Waals surface area (Å²) in [4.78, 5) is 41.5. The monoisotopic (exact) mass is 780 g/mol. The van der Waals surface area contributed by atoms with Gasteiger partial charge in [-0.25, -0.2) is 14.4 Å². The number of hydrogen-bond acceptors (Lipinski definition) is 9. The molecule has 0 saturated carbocycles. The van der Waals surface area contributed by atoms with Gasteiger partial charge >= 0.3 is 18.2 Å². The quantitative estimate of drug-likeness (QED) is 0.0568. The Kier molecular flexibility index (Phi) is 16.5. The summed E-state index contributed by atoms with van der Waals surface area (Å²) in [5.41, 5.74) is 3.09. The standard InChI is InChI=1S/C46H56N2O9/c1-46(2,3)57-44(50)47-38(43(49)52-4)27-17-18-28-39-41(54-30-35-21-11-6-12-22-35)42(55-31-36-23-13-7-14-24-36)40(33-53-29-34-19-9-5-10-20-34)48(39)45(51)56-32-37-25-15-8-16-26-37/h5-16,19-26,38-42H,17-18,27-33H2,1-4H3,(H,47,50)/t38-,39+,40+,41+,42+/m0/s1. The SMILES string of the molecule is COC(=O)[C@H](CCCC[C@@H]1[C@@H](OCc2ccccc2)[C@H](OCc2ccccc2)[C@@H](COCc2ccccc2)N1C(=O)OCc1ccccc1)NC(=O)OC(C)(C)C. The van der Waals surface area contributed by atoms with Crippen molar-refractivity contribution in [1.82, 2.24) is 10.2 Å². The summed E-state index contributed by atoms with van der Waals surface area (Å²) < 4.78 is 36.4.